The molecule has 0 saturated heterocycles. The van der Waals surface area contributed by atoms with Gasteiger partial charge in [-0.25, -0.2) is 4.79 Å². The minimum atomic E-state index is -0.0222. The molecule has 1 N–H and O–H groups in total. The van der Waals surface area contributed by atoms with Crippen LogP contribution in [0.4, 0.5) is 4.79 Å². The van der Waals surface area contributed by atoms with Crippen molar-refractivity contribution in [2.24, 2.45) is 0 Å². The maximum absolute atomic E-state index is 11.8. The normalized spacial score (nSPS) is 14.8. The molecule has 2 amide bonds. The Labute approximate surface area is 104 Å². The molecule has 0 bridgehead atoms. The minimum absolute atomic E-state index is 0.0222. The molecule has 1 rings (SSSR count). The van der Waals surface area contributed by atoms with E-state index in [1.807, 2.05) is 26.1 Å². The van der Waals surface area contributed by atoms with Gasteiger partial charge in [-0.05, 0) is 19.4 Å². The molecular formula is C14H22N2O. The maximum Gasteiger partial charge on any atom is 0.321 e. The SMILES string of the molecule is CCCCN(C)C(=O)NC1=CC=C(C)C=CC1. The van der Waals surface area contributed by atoms with E-state index < -0.39 is 0 Å². The molecule has 17 heavy (non-hydrogen) atoms. The van der Waals surface area contributed by atoms with Crippen LogP contribution in [0.15, 0.2) is 35.6 Å². The van der Waals surface area contributed by atoms with Gasteiger partial charge in [0.1, 0.15) is 0 Å². The third-order valence-electron chi connectivity index (χ3n) is 2.73. The molecule has 1 aliphatic carbocycles. The fraction of sp³-hybridized carbons (Fsp3) is 0.500. The number of hydrogen-bond donors (Lipinski definition) is 1. The van der Waals surface area contributed by atoms with Crippen LogP contribution in [0.1, 0.15) is 33.1 Å². The van der Waals surface area contributed by atoms with Crippen LogP contribution in [0.3, 0.4) is 0 Å². The van der Waals surface area contributed by atoms with Crippen molar-refractivity contribution in [3.63, 3.8) is 0 Å². The van der Waals surface area contributed by atoms with Crippen LogP contribution in [0.25, 0.3) is 0 Å². The van der Waals surface area contributed by atoms with E-state index in [9.17, 15) is 4.79 Å². The molecule has 0 aliphatic heterocycles. The van der Waals surface area contributed by atoms with Crippen molar-refractivity contribution in [1.82, 2.24) is 10.2 Å². The van der Waals surface area contributed by atoms with Gasteiger partial charge in [-0.1, -0.05) is 37.1 Å². The number of hydrogen-bond acceptors (Lipinski definition) is 1. The largest absolute Gasteiger partial charge is 0.328 e. The summed E-state index contributed by atoms with van der Waals surface area (Å²) in [6.45, 7) is 4.98. The molecule has 0 aromatic heterocycles. The van der Waals surface area contributed by atoms with Crippen molar-refractivity contribution in [2.75, 3.05) is 13.6 Å². The minimum Gasteiger partial charge on any atom is -0.328 e. The van der Waals surface area contributed by atoms with E-state index in [2.05, 4.69) is 24.4 Å². The first kappa shape index (κ1) is 13.6. The lowest BCUT2D eigenvalue weighted by molar-refractivity contribution is 0.211. The van der Waals surface area contributed by atoms with E-state index in [0.29, 0.717) is 0 Å². The lowest BCUT2D eigenvalue weighted by Crippen LogP contribution is -2.37. The van der Waals surface area contributed by atoms with Crippen LogP contribution in [0.2, 0.25) is 0 Å². The zero-order chi connectivity index (χ0) is 12.7. The zero-order valence-corrected chi connectivity index (χ0v) is 11.0. The number of nitrogens with one attached hydrogen (secondary N) is 1. The molecule has 0 spiro atoms. The van der Waals surface area contributed by atoms with Crippen molar-refractivity contribution < 1.29 is 4.79 Å². The summed E-state index contributed by atoms with van der Waals surface area (Å²) in [7, 11) is 1.83. The van der Waals surface area contributed by atoms with Gasteiger partial charge in [-0.15, -0.1) is 0 Å². The Morgan fingerprint density at radius 3 is 2.94 bits per heavy atom. The summed E-state index contributed by atoms with van der Waals surface area (Å²) in [6, 6.07) is -0.0222. The van der Waals surface area contributed by atoms with E-state index in [1.165, 1.54) is 5.57 Å². The Kier molecular flexibility index (Phi) is 5.53. The van der Waals surface area contributed by atoms with Crippen LogP contribution in [0, 0.1) is 0 Å². The molecule has 0 saturated carbocycles. The van der Waals surface area contributed by atoms with E-state index >= 15 is 0 Å². The highest BCUT2D eigenvalue weighted by molar-refractivity contribution is 5.76. The van der Waals surface area contributed by atoms with Crippen molar-refractivity contribution >= 4 is 6.03 Å². The van der Waals surface area contributed by atoms with Crippen LogP contribution in [-0.4, -0.2) is 24.5 Å². The van der Waals surface area contributed by atoms with E-state index in [-0.39, 0.29) is 6.03 Å². The molecule has 0 aromatic rings. The van der Waals surface area contributed by atoms with Gasteiger partial charge in [0.05, 0.1) is 0 Å². The highest BCUT2D eigenvalue weighted by atomic mass is 16.2. The third-order valence-corrected chi connectivity index (χ3v) is 2.73. The van der Waals surface area contributed by atoms with E-state index in [0.717, 1.165) is 31.5 Å². The number of unbranched alkanes of at least 4 members (excludes halogenated alkanes) is 1. The van der Waals surface area contributed by atoms with Gasteiger partial charge in [0.2, 0.25) is 0 Å². The van der Waals surface area contributed by atoms with Gasteiger partial charge in [0.15, 0.2) is 0 Å². The topological polar surface area (TPSA) is 32.3 Å². The Bertz CT molecular complexity index is 353. The average Bonchev–Trinajstić information content (AvgIpc) is 2.51. The Balaban J connectivity index is 2.48. The zero-order valence-electron chi connectivity index (χ0n) is 11.0. The van der Waals surface area contributed by atoms with Gasteiger partial charge in [-0.2, -0.15) is 0 Å². The molecular weight excluding hydrogens is 212 g/mol. The number of carbonyl (C=O) groups excluding carboxylic acids is 1. The summed E-state index contributed by atoms with van der Waals surface area (Å²) >= 11 is 0. The number of allylic oxidation sites excluding steroid dienone is 5. The van der Waals surface area contributed by atoms with Gasteiger partial charge in [0, 0.05) is 25.7 Å². The molecule has 0 atom stereocenters. The molecule has 0 unspecified atom stereocenters. The Morgan fingerprint density at radius 1 is 1.47 bits per heavy atom. The first-order valence-electron chi connectivity index (χ1n) is 6.19. The van der Waals surface area contributed by atoms with Crippen molar-refractivity contribution in [3.05, 3.63) is 35.6 Å². The second-order valence-electron chi connectivity index (χ2n) is 4.41. The van der Waals surface area contributed by atoms with Crippen molar-refractivity contribution in [3.8, 4) is 0 Å². The van der Waals surface area contributed by atoms with Crippen molar-refractivity contribution in [1.29, 1.82) is 0 Å². The monoisotopic (exact) mass is 234 g/mol. The van der Waals surface area contributed by atoms with Crippen molar-refractivity contribution in [2.45, 2.75) is 33.1 Å². The number of carbonyl (C=O) groups is 1. The standard InChI is InChI=1S/C14H22N2O/c1-4-5-11-16(3)14(17)15-13-8-6-7-12(2)9-10-13/h6-7,9-10H,4-5,8,11H2,1-3H3,(H,15,17). The molecule has 0 aromatic carbocycles. The van der Waals surface area contributed by atoms with Gasteiger partial charge in [-0.3, -0.25) is 0 Å². The smallest absolute Gasteiger partial charge is 0.321 e. The number of amides is 2. The summed E-state index contributed by atoms with van der Waals surface area (Å²) in [4.78, 5) is 13.6. The molecule has 3 nitrogen and oxygen atoms in total. The van der Waals surface area contributed by atoms with Crippen LogP contribution in [0.5, 0.6) is 0 Å². The molecule has 0 fully saturated rings. The number of nitrogens with zero attached hydrogens (tertiary/aromatic N) is 1. The fourth-order valence-electron chi connectivity index (χ4n) is 1.55. The maximum atomic E-state index is 11.8. The predicted molar refractivity (Wildman–Crippen MR) is 71.7 cm³/mol. The third kappa shape index (κ3) is 4.89. The van der Waals surface area contributed by atoms with E-state index in [4.69, 9.17) is 0 Å². The fourth-order valence-corrected chi connectivity index (χ4v) is 1.55. The lowest BCUT2D eigenvalue weighted by Gasteiger charge is -2.18. The number of rotatable bonds is 4. The summed E-state index contributed by atoms with van der Waals surface area (Å²) in [5, 5.41) is 2.94. The second-order valence-corrected chi connectivity index (χ2v) is 4.41. The van der Waals surface area contributed by atoms with Crippen LogP contribution < -0.4 is 5.32 Å². The van der Waals surface area contributed by atoms with Gasteiger partial charge in [0.25, 0.3) is 0 Å². The Hall–Kier alpha value is -1.51. The summed E-state index contributed by atoms with van der Waals surface area (Å²) < 4.78 is 0. The molecule has 0 radical (unpaired) electrons. The lowest BCUT2D eigenvalue weighted by atomic mass is 10.3. The summed E-state index contributed by atoms with van der Waals surface area (Å²) in [5.41, 5.74) is 2.15. The summed E-state index contributed by atoms with van der Waals surface area (Å²) in [6.07, 6.45) is 11.0. The number of urea groups is 1. The average molecular weight is 234 g/mol. The first-order chi connectivity index (χ1) is 8.13. The van der Waals surface area contributed by atoms with Crippen LogP contribution >= 0.6 is 0 Å². The predicted octanol–water partition coefficient (Wildman–Crippen LogP) is 3.22. The summed E-state index contributed by atoms with van der Waals surface area (Å²) in [5.74, 6) is 0. The quantitative estimate of drug-likeness (QED) is 0.796. The molecule has 1 aliphatic rings. The highest BCUT2D eigenvalue weighted by Gasteiger charge is 2.09. The van der Waals surface area contributed by atoms with Crippen LogP contribution in [-0.2, 0) is 0 Å². The van der Waals surface area contributed by atoms with Gasteiger partial charge >= 0.3 is 6.03 Å². The molecule has 94 valence electrons. The molecule has 3 heteroatoms. The first-order valence-corrected chi connectivity index (χ1v) is 6.19. The van der Waals surface area contributed by atoms with E-state index in [1.54, 1.807) is 4.90 Å². The second kappa shape index (κ2) is 6.94. The van der Waals surface area contributed by atoms with Gasteiger partial charge < -0.3 is 10.2 Å². The highest BCUT2D eigenvalue weighted by Crippen LogP contribution is 2.08. The Morgan fingerprint density at radius 2 is 2.24 bits per heavy atom. The molecule has 0 heterocycles.